The van der Waals surface area contributed by atoms with E-state index in [0.29, 0.717) is 11.1 Å². The number of hydrogen-bond donors (Lipinski definition) is 1. The number of hydrogen-bond acceptors (Lipinski definition) is 1. The van der Waals surface area contributed by atoms with E-state index in [1.54, 1.807) is 19.1 Å². The Morgan fingerprint density at radius 1 is 1.58 bits per heavy atom. The number of rotatable bonds is 2. The molecule has 0 aliphatic rings. The molecule has 0 spiro atoms. The second-order valence-corrected chi connectivity index (χ2v) is 2.65. The van der Waals surface area contributed by atoms with Gasteiger partial charge in [0.1, 0.15) is 5.82 Å². The van der Waals surface area contributed by atoms with Crippen LogP contribution in [0.2, 0.25) is 0 Å². The zero-order chi connectivity index (χ0) is 9.14. The topological polar surface area (TPSA) is 37.3 Å². The number of aryl methyl sites for hydroxylation is 1. The molecule has 64 valence electrons. The number of benzene rings is 1. The summed E-state index contributed by atoms with van der Waals surface area (Å²) in [4.78, 5) is 10.2. The van der Waals surface area contributed by atoms with Crippen LogP contribution in [0.4, 0.5) is 4.39 Å². The van der Waals surface area contributed by atoms with E-state index in [-0.39, 0.29) is 12.2 Å². The molecule has 0 unspecified atom stereocenters. The van der Waals surface area contributed by atoms with E-state index in [2.05, 4.69) is 0 Å². The first kappa shape index (κ1) is 8.71. The lowest BCUT2D eigenvalue weighted by molar-refractivity contribution is -0.136. The third-order valence-corrected chi connectivity index (χ3v) is 1.59. The summed E-state index contributed by atoms with van der Waals surface area (Å²) in [6.45, 7) is 1.64. The Kier molecular flexibility index (Phi) is 2.43. The summed E-state index contributed by atoms with van der Waals surface area (Å²) in [7, 11) is 0. The van der Waals surface area contributed by atoms with E-state index in [9.17, 15) is 9.18 Å². The van der Waals surface area contributed by atoms with Crippen molar-refractivity contribution < 1.29 is 14.3 Å². The summed E-state index contributed by atoms with van der Waals surface area (Å²) in [6, 6.07) is 4.45. The zero-order valence-electron chi connectivity index (χ0n) is 6.67. The third-order valence-electron chi connectivity index (χ3n) is 1.59. The third kappa shape index (κ3) is 2.05. The molecule has 0 fully saturated rings. The van der Waals surface area contributed by atoms with Crippen molar-refractivity contribution in [3.8, 4) is 0 Å². The van der Waals surface area contributed by atoms with Gasteiger partial charge in [0.2, 0.25) is 0 Å². The normalized spacial score (nSPS) is 9.83. The van der Waals surface area contributed by atoms with Gasteiger partial charge >= 0.3 is 5.97 Å². The summed E-state index contributed by atoms with van der Waals surface area (Å²) in [5, 5.41) is 8.40. The fourth-order valence-electron chi connectivity index (χ4n) is 0.921. The first-order valence-corrected chi connectivity index (χ1v) is 3.56. The molecule has 0 bridgehead atoms. The Morgan fingerprint density at radius 2 is 2.25 bits per heavy atom. The lowest BCUT2D eigenvalue weighted by atomic mass is 10.1. The van der Waals surface area contributed by atoms with Crippen molar-refractivity contribution in [1.29, 1.82) is 0 Å². The molecule has 0 saturated carbocycles. The van der Waals surface area contributed by atoms with Crippen molar-refractivity contribution in [1.82, 2.24) is 0 Å². The van der Waals surface area contributed by atoms with Crippen molar-refractivity contribution >= 4 is 5.97 Å². The van der Waals surface area contributed by atoms with Crippen molar-refractivity contribution in [2.75, 3.05) is 0 Å². The Hall–Kier alpha value is -1.38. The quantitative estimate of drug-likeness (QED) is 0.730. The number of carboxylic acid groups (broad SMARTS) is 1. The molecule has 0 aliphatic heterocycles. The van der Waals surface area contributed by atoms with E-state index in [1.165, 1.54) is 6.07 Å². The van der Waals surface area contributed by atoms with Crippen LogP contribution in [0.1, 0.15) is 11.1 Å². The van der Waals surface area contributed by atoms with Gasteiger partial charge < -0.3 is 5.11 Å². The monoisotopic (exact) mass is 168 g/mol. The standard InChI is InChI=1S/C9H9FO2/c1-6-2-3-7(4-8(6)10)5-9(11)12/h2-4H,5H2,1H3,(H,11,12). The van der Waals surface area contributed by atoms with Gasteiger partial charge in [-0.3, -0.25) is 4.79 Å². The second-order valence-electron chi connectivity index (χ2n) is 2.65. The van der Waals surface area contributed by atoms with E-state index < -0.39 is 5.97 Å². The number of aliphatic carboxylic acids is 1. The molecule has 1 aromatic rings. The smallest absolute Gasteiger partial charge is 0.307 e. The molecule has 2 nitrogen and oxygen atoms in total. The zero-order valence-corrected chi connectivity index (χ0v) is 6.67. The molecular weight excluding hydrogens is 159 g/mol. The Morgan fingerprint density at radius 3 is 2.75 bits per heavy atom. The Bertz CT molecular complexity index is 307. The molecule has 0 radical (unpaired) electrons. The Balaban J connectivity index is 2.89. The summed E-state index contributed by atoms with van der Waals surface area (Å²) in [5.41, 5.74) is 1.02. The van der Waals surface area contributed by atoms with E-state index in [1.807, 2.05) is 0 Å². The highest BCUT2D eigenvalue weighted by Gasteiger charge is 2.02. The predicted octanol–water partition coefficient (Wildman–Crippen LogP) is 1.76. The number of carbonyl (C=O) groups is 1. The van der Waals surface area contributed by atoms with E-state index in [0.717, 1.165) is 0 Å². The van der Waals surface area contributed by atoms with Crippen LogP contribution in [0.3, 0.4) is 0 Å². The van der Waals surface area contributed by atoms with Crippen LogP contribution >= 0.6 is 0 Å². The van der Waals surface area contributed by atoms with Gasteiger partial charge in [-0.05, 0) is 24.1 Å². The SMILES string of the molecule is Cc1ccc(CC(=O)O)cc1F. The summed E-state index contributed by atoms with van der Waals surface area (Å²) in [6.07, 6.45) is -0.128. The summed E-state index contributed by atoms with van der Waals surface area (Å²) >= 11 is 0. The average Bonchev–Trinajstić information content (AvgIpc) is 1.96. The van der Waals surface area contributed by atoms with Crippen molar-refractivity contribution in [3.05, 3.63) is 35.1 Å². The maximum Gasteiger partial charge on any atom is 0.307 e. The largest absolute Gasteiger partial charge is 0.481 e. The minimum Gasteiger partial charge on any atom is -0.481 e. The van der Waals surface area contributed by atoms with Gasteiger partial charge in [-0.25, -0.2) is 4.39 Å². The Labute approximate surface area is 69.6 Å². The molecule has 0 heterocycles. The van der Waals surface area contributed by atoms with Crippen molar-refractivity contribution in [3.63, 3.8) is 0 Å². The maximum atomic E-state index is 12.8. The van der Waals surface area contributed by atoms with Crippen LogP contribution in [0.25, 0.3) is 0 Å². The van der Waals surface area contributed by atoms with Gasteiger partial charge in [0.25, 0.3) is 0 Å². The van der Waals surface area contributed by atoms with Crippen LogP contribution in [0.15, 0.2) is 18.2 Å². The fraction of sp³-hybridized carbons (Fsp3) is 0.222. The minimum atomic E-state index is -0.946. The fourth-order valence-corrected chi connectivity index (χ4v) is 0.921. The number of carboxylic acids is 1. The van der Waals surface area contributed by atoms with Gasteiger partial charge in [0, 0.05) is 0 Å². The minimum absolute atomic E-state index is 0.128. The first-order valence-electron chi connectivity index (χ1n) is 3.56. The predicted molar refractivity (Wildman–Crippen MR) is 42.5 cm³/mol. The highest BCUT2D eigenvalue weighted by molar-refractivity contribution is 5.70. The van der Waals surface area contributed by atoms with E-state index in [4.69, 9.17) is 5.11 Å². The molecule has 1 N–H and O–H groups in total. The first-order chi connectivity index (χ1) is 5.59. The summed E-state index contributed by atoms with van der Waals surface area (Å²) in [5.74, 6) is -1.30. The van der Waals surface area contributed by atoms with Gasteiger partial charge in [-0.15, -0.1) is 0 Å². The molecule has 1 rings (SSSR count). The average molecular weight is 168 g/mol. The molecule has 1 aromatic carbocycles. The molecule has 0 atom stereocenters. The van der Waals surface area contributed by atoms with Crippen LogP contribution in [0.5, 0.6) is 0 Å². The van der Waals surface area contributed by atoms with Gasteiger partial charge in [0.15, 0.2) is 0 Å². The van der Waals surface area contributed by atoms with Crippen molar-refractivity contribution in [2.24, 2.45) is 0 Å². The van der Waals surface area contributed by atoms with Crippen LogP contribution in [-0.2, 0) is 11.2 Å². The van der Waals surface area contributed by atoms with E-state index >= 15 is 0 Å². The molecular formula is C9H9FO2. The maximum absolute atomic E-state index is 12.8. The highest BCUT2D eigenvalue weighted by Crippen LogP contribution is 2.09. The highest BCUT2D eigenvalue weighted by atomic mass is 19.1. The van der Waals surface area contributed by atoms with Crippen molar-refractivity contribution in [2.45, 2.75) is 13.3 Å². The molecule has 0 aliphatic carbocycles. The molecule has 3 heteroatoms. The molecule has 0 aromatic heterocycles. The molecule has 0 amide bonds. The summed E-state index contributed by atoms with van der Waals surface area (Å²) < 4.78 is 12.8. The van der Waals surface area contributed by atoms with Crippen LogP contribution in [-0.4, -0.2) is 11.1 Å². The molecule has 12 heavy (non-hydrogen) atoms. The lowest BCUT2D eigenvalue weighted by Gasteiger charge is -1.99. The van der Waals surface area contributed by atoms with Crippen LogP contribution in [0, 0.1) is 12.7 Å². The lowest BCUT2D eigenvalue weighted by Crippen LogP contribution is -2.00. The number of halogens is 1. The second kappa shape index (κ2) is 3.34. The van der Waals surface area contributed by atoms with Gasteiger partial charge in [-0.1, -0.05) is 12.1 Å². The van der Waals surface area contributed by atoms with Crippen LogP contribution < -0.4 is 0 Å². The van der Waals surface area contributed by atoms with Gasteiger partial charge in [-0.2, -0.15) is 0 Å². The molecule has 0 saturated heterocycles. The van der Waals surface area contributed by atoms with Gasteiger partial charge in [0.05, 0.1) is 6.42 Å².